The minimum atomic E-state index is -0.168. The van der Waals surface area contributed by atoms with Crippen molar-refractivity contribution >= 4 is 5.91 Å². The molecule has 1 aromatic carbocycles. The molecule has 0 radical (unpaired) electrons. The predicted octanol–water partition coefficient (Wildman–Crippen LogP) is 2.36. The second kappa shape index (κ2) is 6.90. The molecule has 1 saturated heterocycles. The van der Waals surface area contributed by atoms with E-state index in [1.165, 1.54) is 4.80 Å². The van der Waals surface area contributed by atoms with Gasteiger partial charge in [-0.15, -0.1) is 10.2 Å². The Morgan fingerprint density at radius 1 is 1.26 bits per heavy atom. The van der Waals surface area contributed by atoms with Gasteiger partial charge < -0.3 is 9.42 Å². The highest BCUT2D eigenvalue weighted by molar-refractivity contribution is 5.95. The summed E-state index contributed by atoms with van der Waals surface area (Å²) < 4.78 is 5.42. The van der Waals surface area contributed by atoms with Crippen LogP contribution in [0.3, 0.4) is 0 Å². The molecule has 2 aromatic heterocycles. The predicted molar refractivity (Wildman–Crippen MR) is 95.6 cm³/mol. The highest BCUT2D eigenvalue weighted by Crippen LogP contribution is 2.33. The van der Waals surface area contributed by atoms with Crippen LogP contribution < -0.4 is 0 Å². The average Bonchev–Trinajstić information content (AvgIpc) is 3.40. The summed E-state index contributed by atoms with van der Waals surface area (Å²) in [4.78, 5) is 20.7. The van der Waals surface area contributed by atoms with Crippen LogP contribution in [0, 0.1) is 0 Å². The number of likely N-dealkylation sites (tertiary alicyclic amines) is 1. The van der Waals surface area contributed by atoms with Gasteiger partial charge >= 0.3 is 0 Å². The molecule has 3 aromatic rings. The van der Waals surface area contributed by atoms with Gasteiger partial charge in [-0.05, 0) is 30.2 Å². The molecule has 1 amide bonds. The topological polar surface area (TPSA) is 103 Å². The minimum Gasteiger partial charge on any atom is -0.337 e. The first kappa shape index (κ1) is 17.3. The number of rotatable bonds is 4. The van der Waals surface area contributed by atoms with Gasteiger partial charge in [0.2, 0.25) is 11.7 Å². The molecule has 4 rings (SSSR count). The van der Waals surface area contributed by atoms with E-state index in [0.29, 0.717) is 29.6 Å². The third-order valence-corrected chi connectivity index (χ3v) is 4.67. The normalized spacial score (nSPS) is 17.0. The molecule has 0 unspecified atom stereocenters. The second-order valence-corrected chi connectivity index (χ2v) is 6.98. The number of benzene rings is 1. The van der Waals surface area contributed by atoms with E-state index in [-0.39, 0.29) is 17.9 Å². The number of aryl methyl sites for hydroxylation is 1. The molecule has 1 aliphatic rings. The van der Waals surface area contributed by atoms with Gasteiger partial charge in [0.1, 0.15) is 6.04 Å². The van der Waals surface area contributed by atoms with Crippen LogP contribution in [0.2, 0.25) is 0 Å². The van der Waals surface area contributed by atoms with E-state index in [2.05, 4.69) is 25.6 Å². The molecule has 9 heteroatoms. The number of hydrogen-bond acceptors (Lipinski definition) is 7. The van der Waals surface area contributed by atoms with Crippen molar-refractivity contribution in [3.05, 3.63) is 41.5 Å². The lowest BCUT2D eigenvalue weighted by Gasteiger charge is -2.22. The van der Waals surface area contributed by atoms with Crippen molar-refractivity contribution in [1.82, 2.24) is 35.2 Å². The van der Waals surface area contributed by atoms with Crippen molar-refractivity contribution in [1.29, 1.82) is 0 Å². The van der Waals surface area contributed by atoms with Gasteiger partial charge in [0.05, 0.1) is 7.05 Å². The maximum atomic E-state index is 13.0. The number of nitrogens with zero attached hydrogens (tertiary/aromatic N) is 7. The van der Waals surface area contributed by atoms with Gasteiger partial charge in [0, 0.05) is 23.6 Å². The molecule has 0 aliphatic carbocycles. The Kier molecular flexibility index (Phi) is 4.43. The third-order valence-electron chi connectivity index (χ3n) is 4.67. The summed E-state index contributed by atoms with van der Waals surface area (Å²) in [5, 5.41) is 16.0. The fourth-order valence-corrected chi connectivity index (χ4v) is 3.21. The summed E-state index contributed by atoms with van der Waals surface area (Å²) in [5.41, 5.74) is 1.43. The first-order valence-electron chi connectivity index (χ1n) is 9.02. The third kappa shape index (κ3) is 3.32. The standard InChI is InChI=1S/C18H21N7O2/c1-11(2)15-19-17(27-22-15)14-5-4-10-25(14)18(26)13-8-6-12(7-9-13)16-20-23-24(3)21-16/h6-9,11,14H,4-5,10H2,1-3H3/t14-/m1/s1. The molecule has 0 spiro atoms. The molecule has 27 heavy (non-hydrogen) atoms. The van der Waals surface area contributed by atoms with Gasteiger partial charge in [-0.3, -0.25) is 4.79 Å². The van der Waals surface area contributed by atoms with Crippen molar-refractivity contribution in [2.45, 2.75) is 38.6 Å². The lowest BCUT2D eigenvalue weighted by atomic mass is 10.1. The van der Waals surface area contributed by atoms with Crippen molar-refractivity contribution in [3.63, 3.8) is 0 Å². The highest BCUT2D eigenvalue weighted by atomic mass is 16.5. The lowest BCUT2D eigenvalue weighted by Crippen LogP contribution is -2.30. The maximum Gasteiger partial charge on any atom is 0.254 e. The number of amides is 1. The first-order chi connectivity index (χ1) is 13.0. The number of carbonyl (C=O) groups is 1. The van der Waals surface area contributed by atoms with Crippen molar-refractivity contribution < 1.29 is 9.32 Å². The highest BCUT2D eigenvalue weighted by Gasteiger charge is 2.34. The summed E-state index contributed by atoms with van der Waals surface area (Å²) >= 11 is 0. The molecular formula is C18H21N7O2. The van der Waals surface area contributed by atoms with Crippen LogP contribution in [0.4, 0.5) is 0 Å². The van der Waals surface area contributed by atoms with Crippen molar-refractivity contribution in [2.24, 2.45) is 7.05 Å². The first-order valence-corrected chi connectivity index (χ1v) is 9.02. The summed E-state index contributed by atoms with van der Waals surface area (Å²) in [6, 6.07) is 7.07. The van der Waals surface area contributed by atoms with Gasteiger partial charge in [-0.1, -0.05) is 31.1 Å². The summed E-state index contributed by atoms with van der Waals surface area (Å²) in [7, 11) is 1.71. The fourth-order valence-electron chi connectivity index (χ4n) is 3.21. The van der Waals surface area contributed by atoms with Gasteiger partial charge in [-0.2, -0.15) is 9.78 Å². The maximum absolute atomic E-state index is 13.0. The van der Waals surface area contributed by atoms with Crippen LogP contribution in [0.25, 0.3) is 11.4 Å². The molecule has 0 saturated carbocycles. The van der Waals surface area contributed by atoms with E-state index >= 15 is 0 Å². The van der Waals surface area contributed by atoms with Crippen molar-refractivity contribution in [3.8, 4) is 11.4 Å². The zero-order chi connectivity index (χ0) is 19.0. The Bertz CT molecular complexity index is 945. The smallest absolute Gasteiger partial charge is 0.254 e. The number of carbonyl (C=O) groups excluding carboxylic acids is 1. The number of aromatic nitrogens is 6. The SMILES string of the molecule is CC(C)c1noc([C@H]2CCCN2C(=O)c2ccc(-c3nnn(C)n3)cc2)n1. The molecule has 0 bridgehead atoms. The van der Waals surface area contributed by atoms with Crippen LogP contribution in [-0.2, 0) is 7.05 Å². The molecule has 9 nitrogen and oxygen atoms in total. The molecule has 3 heterocycles. The van der Waals surface area contributed by atoms with Gasteiger partial charge in [0.15, 0.2) is 5.82 Å². The Balaban J connectivity index is 1.54. The Morgan fingerprint density at radius 2 is 2.04 bits per heavy atom. The minimum absolute atomic E-state index is 0.0412. The van der Waals surface area contributed by atoms with Gasteiger partial charge in [-0.25, -0.2) is 0 Å². The summed E-state index contributed by atoms with van der Waals surface area (Å²) in [6.45, 7) is 4.70. The molecular weight excluding hydrogens is 346 g/mol. The quantitative estimate of drug-likeness (QED) is 0.697. The molecule has 1 aliphatic heterocycles. The van der Waals surface area contributed by atoms with Crippen molar-refractivity contribution in [2.75, 3.05) is 6.54 Å². The molecule has 1 atom stereocenters. The van der Waals surface area contributed by atoms with E-state index < -0.39 is 0 Å². The van der Waals surface area contributed by atoms with E-state index in [1.807, 2.05) is 30.9 Å². The number of tetrazole rings is 1. The zero-order valence-corrected chi connectivity index (χ0v) is 15.5. The van der Waals surface area contributed by atoms with E-state index in [9.17, 15) is 4.79 Å². The molecule has 0 N–H and O–H groups in total. The Morgan fingerprint density at radius 3 is 2.67 bits per heavy atom. The van der Waals surface area contributed by atoms with E-state index in [0.717, 1.165) is 18.4 Å². The average molecular weight is 367 g/mol. The van der Waals surface area contributed by atoms with E-state index in [1.54, 1.807) is 19.2 Å². The van der Waals surface area contributed by atoms with E-state index in [4.69, 9.17) is 4.52 Å². The Hall–Kier alpha value is -3.10. The lowest BCUT2D eigenvalue weighted by molar-refractivity contribution is 0.0710. The monoisotopic (exact) mass is 367 g/mol. The van der Waals surface area contributed by atoms with Crippen LogP contribution in [0.5, 0.6) is 0 Å². The second-order valence-electron chi connectivity index (χ2n) is 6.98. The summed E-state index contributed by atoms with van der Waals surface area (Å²) in [5.74, 6) is 1.87. The summed E-state index contributed by atoms with van der Waals surface area (Å²) in [6.07, 6.45) is 1.74. The van der Waals surface area contributed by atoms with Crippen LogP contribution in [0.1, 0.15) is 60.7 Å². The van der Waals surface area contributed by atoms with Crippen LogP contribution >= 0.6 is 0 Å². The Labute approximate surface area is 156 Å². The molecule has 1 fully saturated rings. The largest absolute Gasteiger partial charge is 0.337 e. The number of hydrogen-bond donors (Lipinski definition) is 0. The fraction of sp³-hybridized carbons (Fsp3) is 0.444. The zero-order valence-electron chi connectivity index (χ0n) is 15.5. The van der Waals surface area contributed by atoms with Crippen LogP contribution in [0.15, 0.2) is 28.8 Å². The van der Waals surface area contributed by atoms with Crippen LogP contribution in [-0.4, -0.2) is 47.7 Å². The van der Waals surface area contributed by atoms with Gasteiger partial charge in [0.25, 0.3) is 5.91 Å². The molecule has 140 valence electrons.